The van der Waals surface area contributed by atoms with Gasteiger partial charge in [-0.3, -0.25) is 9.59 Å². The summed E-state index contributed by atoms with van der Waals surface area (Å²) in [6.45, 7) is 5.26. The molecule has 0 bridgehead atoms. The molecule has 1 fully saturated rings. The molecule has 1 aliphatic rings. The second-order valence-corrected chi connectivity index (χ2v) is 6.11. The SMILES string of the molecule is Cc1cccc(OCC(=O)NC2CCN(C(=O)CCl)CC2)c1C. The maximum Gasteiger partial charge on any atom is 0.258 e. The number of alkyl halides is 1. The number of benzene rings is 1. The van der Waals surface area contributed by atoms with Crippen LogP contribution < -0.4 is 10.1 Å². The summed E-state index contributed by atoms with van der Waals surface area (Å²) in [5, 5.41) is 2.97. The van der Waals surface area contributed by atoms with Gasteiger partial charge >= 0.3 is 0 Å². The van der Waals surface area contributed by atoms with Gasteiger partial charge in [0.15, 0.2) is 6.61 Å². The van der Waals surface area contributed by atoms with Gasteiger partial charge in [0.1, 0.15) is 11.6 Å². The molecule has 0 aromatic heterocycles. The number of aryl methyl sites for hydroxylation is 1. The Bertz CT molecular complexity index is 569. The first-order valence-corrected chi connectivity index (χ1v) is 8.37. The van der Waals surface area contributed by atoms with E-state index in [0.29, 0.717) is 13.1 Å². The number of carbonyl (C=O) groups is 2. The summed E-state index contributed by atoms with van der Waals surface area (Å²) < 4.78 is 5.60. The normalized spacial score (nSPS) is 15.3. The van der Waals surface area contributed by atoms with Gasteiger partial charge in [-0.1, -0.05) is 12.1 Å². The number of likely N-dealkylation sites (tertiary alicyclic amines) is 1. The fraction of sp³-hybridized carbons (Fsp3) is 0.529. The van der Waals surface area contributed by atoms with Crippen molar-refractivity contribution < 1.29 is 14.3 Å². The largest absolute Gasteiger partial charge is 0.483 e. The number of hydrogen-bond acceptors (Lipinski definition) is 3. The smallest absolute Gasteiger partial charge is 0.258 e. The van der Waals surface area contributed by atoms with Crippen LogP contribution in [0.25, 0.3) is 0 Å². The molecule has 0 aliphatic carbocycles. The van der Waals surface area contributed by atoms with Crippen molar-refractivity contribution in [3.63, 3.8) is 0 Å². The van der Waals surface area contributed by atoms with E-state index in [-0.39, 0.29) is 30.3 Å². The molecule has 0 unspecified atom stereocenters. The van der Waals surface area contributed by atoms with Crippen LogP contribution in [0.5, 0.6) is 5.75 Å². The lowest BCUT2D eigenvalue weighted by molar-refractivity contribution is -0.129. The second-order valence-electron chi connectivity index (χ2n) is 5.84. The zero-order valence-electron chi connectivity index (χ0n) is 13.6. The Hall–Kier alpha value is -1.75. The molecule has 126 valence electrons. The van der Waals surface area contributed by atoms with Crippen LogP contribution in [-0.2, 0) is 9.59 Å². The highest BCUT2D eigenvalue weighted by molar-refractivity contribution is 6.27. The maximum absolute atomic E-state index is 12.0. The standard InChI is InChI=1S/C17H23ClN2O3/c1-12-4-3-5-15(13(12)2)23-11-16(21)19-14-6-8-20(9-7-14)17(22)10-18/h3-5,14H,6-11H2,1-2H3,(H,19,21). The molecule has 0 spiro atoms. The number of carbonyl (C=O) groups excluding carboxylic acids is 2. The highest BCUT2D eigenvalue weighted by atomic mass is 35.5. The van der Waals surface area contributed by atoms with Gasteiger partial charge in [-0.2, -0.15) is 0 Å². The van der Waals surface area contributed by atoms with E-state index in [2.05, 4.69) is 5.32 Å². The summed E-state index contributed by atoms with van der Waals surface area (Å²) in [5.74, 6) is 0.575. The van der Waals surface area contributed by atoms with Crippen LogP contribution >= 0.6 is 11.6 Å². The first-order valence-electron chi connectivity index (χ1n) is 7.83. The lowest BCUT2D eigenvalue weighted by Gasteiger charge is -2.32. The van der Waals surface area contributed by atoms with Crippen LogP contribution in [0.4, 0.5) is 0 Å². The Labute approximate surface area is 141 Å². The van der Waals surface area contributed by atoms with Gasteiger partial charge in [-0.05, 0) is 43.9 Å². The second kappa shape index (κ2) is 8.20. The summed E-state index contributed by atoms with van der Waals surface area (Å²) >= 11 is 5.55. The molecule has 6 heteroatoms. The van der Waals surface area contributed by atoms with Crippen molar-refractivity contribution >= 4 is 23.4 Å². The van der Waals surface area contributed by atoms with E-state index in [0.717, 1.165) is 29.7 Å². The average molecular weight is 339 g/mol. The molecular formula is C17H23ClN2O3. The van der Waals surface area contributed by atoms with E-state index in [4.69, 9.17) is 16.3 Å². The number of hydrogen-bond donors (Lipinski definition) is 1. The molecule has 1 aromatic rings. The number of amides is 2. The van der Waals surface area contributed by atoms with Gasteiger partial charge in [0.05, 0.1) is 0 Å². The summed E-state index contributed by atoms with van der Waals surface area (Å²) in [4.78, 5) is 25.3. The van der Waals surface area contributed by atoms with E-state index in [1.807, 2.05) is 32.0 Å². The van der Waals surface area contributed by atoms with Crippen molar-refractivity contribution in [1.29, 1.82) is 0 Å². The third-order valence-electron chi connectivity index (χ3n) is 4.24. The Morgan fingerprint density at radius 1 is 1.30 bits per heavy atom. The van der Waals surface area contributed by atoms with Crippen LogP contribution in [0.2, 0.25) is 0 Å². The summed E-state index contributed by atoms with van der Waals surface area (Å²) in [5.41, 5.74) is 2.19. The molecule has 23 heavy (non-hydrogen) atoms. The van der Waals surface area contributed by atoms with Gasteiger partial charge in [0.25, 0.3) is 5.91 Å². The van der Waals surface area contributed by atoms with Crippen molar-refractivity contribution in [1.82, 2.24) is 10.2 Å². The third kappa shape index (κ3) is 4.86. The van der Waals surface area contributed by atoms with Gasteiger partial charge in [-0.25, -0.2) is 0 Å². The minimum Gasteiger partial charge on any atom is -0.483 e. The number of piperidine rings is 1. The molecule has 2 amide bonds. The number of ether oxygens (including phenoxy) is 1. The first-order chi connectivity index (χ1) is 11.0. The molecule has 1 N–H and O–H groups in total. The van der Waals surface area contributed by atoms with Crippen LogP contribution in [0, 0.1) is 13.8 Å². The predicted octanol–water partition coefficient (Wildman–Crippen LogP) is 2.03. The van der Waals surface area contributed by atoms with Gasteiger partial charge in [0.2, 0.25) is 5.91 Å². The molecule has 0 saturated carbocycles. The quantitative estimate of drug-likeness (QED) is 0.836. The van der Waals surface area contributed by atoms with Crippen LogP contribution in [0.3, 0.4) is 0 Å². The highest BCUT2D eigenvalue weighted by Gasteiger charge is 2.23. The third-order valence-corrected chi connectivity index (χ3v) is 4.47. The van der Waals surface area contributed by atoms with Crippen molar-refractivity contribution in [2.75, 3.05) is 25.6 Å². The fourth-order valence-electron chi connectivity index (χ4n) is 2.65. The van der Waals surface area contributed by atoms with Gasteiger partial charge < -0.3 is 15.0 Å². The maximum atomic E-state index is 12.0. The Morgan fingerprint density at radius 3 is 2.65 bits per heavy atom. The van der Waals surface area contributed by atoms with E-state index in [1.54, 1.807) is 4.90 Å². The topological polar surface area (TPSA) is 58.6 Å². The highest BCUT2D eigenvalue weighted by Crippen LogP contribution is 2.20. The first kappa shape index (κ1) is 17.6. The molecule has 0 atom stereocenters. The summed E-state index contributed by atoms with van der Waals surface area (Å²) in [6, 6.07) is 5.88. The van der Waals surface area contributed by atoms with Crippen LogP contribution in [0.1, 0.15) is 24.0 Å². The van der Waals surface area contributed by atoms with Crippen molar-refractivity contribution in [2.45, 2.75) is 32.7 Å². The summed E-state index contributed by atoms with van der Waals surface area (Å²) in [6.07, 6.45) is 1.50. The van der Waals surface area contributed by atoms with Crippen molar-refractivity contribution in [2.24, 2.45) is 0 Å². The number of rotatable bonds is 5. The molecule has 0 radical (unpaired) electrons. The fourth-order valence-corrected chi connectivity index (χ4v) is 2.82. The predicted molar refractivity (Wildman–Crippen MR) is 89.9 cm³/mol. The molecular weight excluding hydrogens is 316 g/mol. The Kier molecular flexibility index (Phi) is 6.28. The average Bonchev–Trinajstić information content (AvgIpc) is 2.56. The van der Waals surface area contributed by atoms with E-state index < -0.39 is 0 Å². The molecule has 1 aromatic carbocycles. The van der Waals surface area contributed by atoms with Crippen LogP contribution in [-0.4, -0.2) is 48.3 Å². The van der Waals surface area contributed by atoms with E-state index >= 15 is 0 Å². The number of nitrogens with one attached hydrogen (secondary N) is 1. The Balaban J connectivity index is 1.76. The molecule has 2 rings (SSSR count). The van der Waals surface area contributed by atoms with Crippen molar-refractivity contribution in [3.05, 3.63) is 29.3 Å². The van der Waals surface area contributed by atoms with E-state index in [9.17, 15) is 9.59 Å². The zero-order valence-corrected chi connectivity index (χ0v) is 14.4. The van der Waals surface area contributed by atoms with Gasteiger partial charge in [0, 0.05) is 19.1 Å². The Morgan fingerprint density at radius 2 is 2.00 bits per heavy atom. The number of nitrogens with zero attached hydrogens (tertiary/aromatic N) is 1. The lowest BCUT2D eigenvalue weighted by Crippen LogP contribution is -2.47. The minimum atomic E-state index is -0.131. The molecule has 5 nitrogen and oxygen atoms in total. The molecule has 1 saturated heterocycles. The van der Waals surface area contributed by atoms with Crippen LogP contribution in [0.15, 0.2) is 18.2 Å². The zero-order chi connectivity index (χ0) is 16.8. The van der Waals surface area contributed by atoms with E-state index in [1.165, 1.54) is 0 Å². The minimum absolute atomic E-state index is 0.00508. The monoisotopic (exact) mass is 338 g/mol. The van der Waals surface area contributed by atoms with Gasteiger partial charge in [-0.15, -0.1) is 11.6 Å². The summed E-state index contributed by atoms with van der Waals surface area (Å²) in [7, 11) is 0. The lowest BCUT2D eigenvalue weighted by atomic mass is 10.1. The molecule has 1 aliphatic heterocycles. The number of halogens is 1. The van der Waals surface area contributed by atoms with Crippen molar-refractivity contribution in [3.8, 4) is 5.75 Å². The molecule has 1 heterocycles.